The Labute approximate surface area is 188 Å². The number of hydrogen-bond acceptors (Lipinski definition) is 3. The second-order valence-corrected chi connectivity index (χ2v) is 8.50. The van der Waals surface area contributed by atoms with Crippen LogP contribution in [0.2, 0.25) is 0 Å². The number of rotatable bonds is 4. The number of nitrogens with zero attached hydrogens (tertiary/aromatic N) is 4. The van der Waals surface area contributed by atoms with Crippen LogP contribution in [0, 0.1) is 0 Å². The van der Waals surface area contributed by atoms with Crippen molar-refractivity contribution in [2.45, 2.75) is 70.8 Å². The van der Waals surface area contributed by atoms with Gasteiger partial charge < -0.3 is 15.1 Å². The maximum Gasteiger partial charge on any atom is 0.219 e. The van der Waals surface area contributed by atoms with Gasteiger partial charge in [0, 0.05) is 45.2 Å². The number of guanidine groups is 1. The van der Waals surface area contributed by atoms with Crippen molar-refractivity contribution in [2.24, 2.45) is 4.99 Å². The van der Waals surface area contributed by atoms with Gasteiger partial charge in [-0.3, -0.25) is 14.7 Å². The van der Waals surface area contributed by atoms with Gasteiger partial charge in [-0.05, 0) is 45.7 Å². The van der Waals surface area contributed by atoms with Crippen LogP contribution in [0.5, 0.6) is 0 Å². The molecule has 7 heteroatoms. The van der Waals surface area contributed by atoms with Gasteiger partial charge in [0.15, 0.2) is 5.96 Å². The van der Waals surface area contributed by atoms with Gasteiger partial charge in [0.2, 0.25) is 5.91 Å². The number of aliphatic imine (C=N–C) groups is 1. The molecule has 0 atom stereocenters. The number of halogens is 1. The zero-order valence-corrected chi connectivity index (χ0v) is 20.2. The molecular formula is C21H40IN5O. The number of carbonyl (C=O) groups is 1. The maximum atomic E-state index is 11.6. The molecule has 0 aromatic heterocycles. The lowest BCUT2D eigenvalue weighted by molar-refractivity contribution is -0.130. The molecule has 3 aliphatic rings. The first kappa shape index (κ1) is 23.7. The number of piperidine rings is 1. The number of hydrogen-bond donors (Lipinski definition) is 1. The summed E-state index contributed by atoms with van der Waals surface area (Å²) in [7, 11) is 0. The van der Waals surface area contributed by atoms with E-state index in [2.05, 4.69) is 22.0 Å². The Kier molecular flexibility index (Phi) is 9.80. The van der Waals surface area contributed by atoms with Crippen LogP contribution in [0.3, 0.4) is 0 Å². The highest BCUT2D eigenvalue weighted by molar-refractivity contribution is 14.0. The summed E-state index contributed by atoms with van der Waals surface area (Å²) in [6.45, 7) is 11.5. The van der Waals surface area contributed by atoms with E-state index in [9.17, 15) is 4.79 Å². The lowest BCUT2D eigenvalue weighted by Crippen LogP contribution is -2.56. The predicted molar refractivity (Wildman–Crippen MR) is 126 cm³/mol. The summed E-state index contributed by atoms with van der Waals surface area (Å²) in [6, 6.07) is 0. The molecule has 0 aromatic carbocycles. The molecule has 2 saturated heterocycles. The van der Waals surface area contributed by atoms with Crippen LogP contribution in [0.25, 0.3) is 0 Å². The van der Waals surface area contributed by atoms with E-state index in [1.54, 1.807) is 6.92 Å². The number of piperazine rings is 1. The molecule has 0 unspecified atom stereocenters. The Morgan fingerprint density at radius 2 is 1.46 bits per heavy atom. The van der Waals surface area contributed by atoms with Crippen LogP contribution < -0.4 is 5.32 Å². The average Bonchev–Trinajstić information content (AvgIpc) is 2.72. The zero-order chi connectivity index (χ0) is 19.1. The molecule has 6 nitrogen and oxygen atoms in total. The number of carbonyl (C=O) groups excluding carboxylic acids is 1. The summed E-state index contributed by atoms with van der Waals surface area (Å²) in [5.41, 5.74) is 0.278. The second-order valence-electron chi connectivity index (χ2n) is 8.50. The van der Waals surface area contributed by atoms with Gasteiger partial charge in [-0.1, -0.05) is 25.7 Å². The minimum absolute atomic E-state index is 0. The van der Waals surface area contributed by atoms with Crippen molar-refractivity contribution in [1.82, 2.24) is 20.0 Å². The van der Waals surface area contributed by atoms with Crippen molar-refractivity contribution in [3.05, 3.63) is 0 Å². The highest BCUT2D eigenvalue weighted by Gasteiger charge is 2.38. The van der Waals surface area contributed by atoms with Crippen LogP contribution in [0.1, 0.15) is 65.2 Å². The first-order chi connectivity index (χ1) is 13.1. The summed E-state index contributed by atoms with van der Waals surface area (Å²) in [5, 5.41) is 3.51. The Balaban J connectivity index is 0.00000280. The zero-order valence-electron chi connectivity index (χ0n) is 17.9. The largest absolute Gasteiger partial charge is 0.357 e. The van der Waals surface area contributed by atoms with E-state index in [0.29, 0.717) is 0 Å². The fourth-order valence-corrected chi connectivity index (χ4v) is 5.03. The molecule has 3 rings (SSSR count). The topological polar surface area (TPSA) is 51.2 Å². The number of amides is 1. The van der Waals surface area contributed by atoms with E-state index in [0.717, 1.165) is 45.2 Å². The monoisotopic (exact) mass is 505 g/mol. The van der Waals surface area contributed by atoms with E-state index in [-0.39, 0.29) is 35.4 Å². The smallest absolute Gasteiger partial charge is 0.219 e. The summed E-state index contributed by atoms with van der Waals surface area (Å²) < 4.78 is 0. The Bertz CT molecular complexity index is 507. The molecule has 162 valence electrons. The van der Waals surface area contributed by atoms with Crippen molar-refractivity contribution in [3.63, 3.8) is 0 Å². The molecule has 28 heavy (non-hydrogen) atoms. The van der Waals surface area contributed by atoms with Crippen LogP contribution >= 0.6 is 24.0 Å². The van der Waals surface area contributed by atoms with E-state index in [4.69, 9.17) is 4.99 Å². The Morgan fingerprint density at radius 3 is 2.04 bits per heavy atom. The molecule has 3 fully saturated rings. The molecular weight excluding hydrogens is 465 g/mol. The summed E-state index contributed by atoms with van der Waals surface area (Å²) in [4.78, 5) is 23.8. The average molecular weight is 505 g/mol. The molecule has 1 N–H and O–H groups in total. The fourth-order valence-electron chi connectivity index (χ4n) is 5.03. The lowest BCUT2D eigenvalue weighted by Gasteiger charge is -2.47. The van der Waals surface area contributed by atoms with Gasteiger partial charge in [0.25, 0.3) is 0 Å². The van der Waals surface area contributed by atoms with Gasteiger partial charge in [0.1, 0.15) is 0 Å². The van der Waals surface area contributed by atoms with E-state index >= 15 is 0 Å². The van der Waals surface area contributed by atoms with Gasteiger partial charge in [-0.25, -0.2) is 0 Å². The third-order valence-electron chi connectivity index (χ3n) is 6.69. The highest BCUT2D eigenvalue weighted by atomic mass is 127. The fraction of sp³-hybridized carbons (Fsp3) is 0.905. The van der Waals surface area contributed by atoms with Gasteiger partial charge in [-0.15, -0.1) is 24.0 Å². The van der Waals surface area contributed by atoms with Crippen molar-refractivity contribution in [3.8, 4) is 0 Å². The van der Waals surface area contributed by atoms with Crippen LogP contribution in [-0.4, -0.2) is 84.5 Å². The summed E-state index contributed by atoms with van der Waals surface area (Å²) in [5.74, 6) is 1.23. The standard InChI is InChI=1S/C21H39N5O.HI/c1-3-22-20(25-16-14-24(15-17-25)19(2)27)23-18-21(10-6-4-7-11-21)26-12-8-5-9-13-26;/h3-18H2,1-2H3,(H,22,23);1H. The van der Waals surface area contributed by atoms with Crippen LogP contribution in [0.4, 0.5) is 0 Å². The molecule has 2 aliphatic heterocycles. The molecule has 1 saturated carbocycles. The minimum Gasteiger partial charge on any atom is -0.357 e. The molecule has 0 radical (unpaired) electrons. The predicted octanol–water partition coefficient (Wildman–Crippen LogP) is 2.92. The first-order valence-electron chi connectivity index (χ1n) is 11.2. The van der Waals surface area contributed by atoms with E-state index in [1.165, 1.54) is 64.5 Å². The molecule has 0 bridgehead atoms. The van der Waals surface area contributed by atoms with Gasteiger partial charge in [0.05, 0.1) is 6.54 Å². The molecule has 1 amide bonds. The van der Waals surface area contributed by atoms with Gasteiger partial charge >= 0.3 is 0 Å². The number of likely N-dealkylation sites (tertiary alicyclic amines) is 1. The van der Waals surface area contributed by atoms with E-state index < -0.39 is 0 Å². The third-order valence-corrected chi connectivity index (χ3v) is 6.69. The maximum absolute atomic E-state index is 11.6. The summed E-state index contributed by atoms with van der Waals surface area (Å²) >= 11 is 0. The third kappa shape index (κ3) is 5.97. The highest BCUT2D eigenvalue weighted by Crippen LogP contribution is 2.36. The van der Waals surface area contributed by atoms with Gasteiger partial charge in [-0.2, -0.15) is 0 Å². The Hall–Kier alpha value is -0.570. The SMILES string of the molecule is CCNC(=NCC1(N2CCCCC2)CCCCC1)N1CCN(C(C)=O)CC1.I. The van der Waals surface area contributed by atoms with Crippen molar-refractivity contribution >= 4 is 35.8 Å². The van der Waals surface area contributed by atoms with Crippen LogP contribution in [-0.2, 0) is 4.79 Å². The van der Waals surface area contributed by atoms with Crippen molar-refractivity contribution in [1.29, 1.82) is 0 Å². The Morgan fingerprint density at radius 1 is 0.893 bits per heavy atom. The second kappa shape index (κ2) is 11.6. The molecule has 0 aromatic rings. The molecule has 0 spiro atoms. The normalized spacial score (nSPS) is 23.9. The first-order valence-corrected chi connectivity index (χ1v) is 11.2. The quantitative estimate of drug-likeness (QED) is 0.363. The van der Waals surface area contributed by atoms with E-state index in [1.807, 2.05) is 4.90 Å². The molecule has 1 aliphatic carbocycles. The summed E-state index contributed by atoms with van der Waals surface area (Å²) in [6.07, 6.45) is 10.8. The lowest BCUT2D eigenvalue weighted by atomic mass is 9.79. The van der Waals surface area contributed by atoms with Crippen LogP contribution in [0.15, 0.2) is 4.99 Å². The minimum atomic E-state index is 0. The molecule has 2 heterocycles. The number of nitrogens with one attached hydrogen (secondary N) is 1. The van der Waals surface area contributed by atoms with Crippen molar-refractivity contribution < 1.29 is 4.79 Å². The van der Waals surface area contributed by atoms with Crippen molar-refractivity contribution in [2.75, 3.05) is 52.4 Å².